The first-order valence-corrected chi connectivity index (χ1v) is 5.23. The van der Waals surface area contributed by atoms with Crippen molar-refractivity contribution < 1.29 is 0 Å². The van der Waals surface area contributed by atoms with Gasteiger partial charge in [-0.25, -0.2) is 0 Å². The molecule has 0 aliphatic carbocycles. The Kier molecular flexibility index (Phi) is 4.18. The van der Waals surface area contributed by atoms with E-state index in [4.69, 9.17) is 0 Å². The average Bonchev–Trinajstić information content (AvgIpc) is 2.26. The molecule has 0 saturated heterocycles. The minimum Gasteiger partial charge on any atom is -0.0952 e. The smallest absolute Gasteiger partial charge is 0.0185 e. The molecule has 0 fully saturated rings. The van der Waals surface area contributed by atoms with E-state index in [-0.39, 0.29) is 0 Å². The maximum Gasteiger partial charge on any atom is -0.0185 e. The molecule has 0 spiro atoms. The van der Waals surface area contributed by atoms with Crippen molar-refractivity contribution in [1.29, 1.82) is 0 Å². The Bertz CT molecular complexity index is 317. The second kappa shape index (κ2) is 5.43. The van der Waals surface area contributed by atoms with Gasteiger partial charge in [-0.1, -0.05) is 56.8 Å². The van der Waals surface area contributed by atoms with E-state index in [2.05, 4.69) is 50.8 Å². The van der Waals surface area contributed by atoms with Gasteiger partial charge in [0.25, 0.3) is 0 Å². The molecular weight excluding hydrogens is 168 g/mol. The first-order valence-electron chi connectivity index (χ1n) is 5.23. The van der Waals surface area contributed by atoms with E-state index in [1.54, 1.807) is 0 Å². The maximum absolute atomic E-state index is 4.10. The van der Waals surface area contributed by atoms with Crippen LogP contribution in [0.3, 0.4) is 0 Å². The monoisotopic (exact) mass is 186 g/mol. The van der Waals surface area contributed by atoms with Gasteiger partial charge in [-0.2, -0.15) is 0 Å². The maximum atomic E-state index is 4.10. The van der Waals surface area contributed by atoms with Crippen molar-refractivity contribution in [3.05, 3.63) is 54.1 Å². The summed E-state index contributed by atoms with van der Waals surface area (Å²) in [5.74, 6) is 0. The van der Waals surface area contributed by atoms with Gasteiger partial charge in [0.05, 0.1) is 0 Å². The molecule has 0 radical (unpaired) electrons. The highest BCUT2D eigenvalue weighted by atomic mass is 14.1. The molecule has 0 saturated carbocycles. The van der Waals surface area contributed by atoms with E-state index < -0.39 is 0 Å². The summed E-state index contributed by atoms with van der Waals surface area (Å²) in [5.41, 5.74) is 3.80. The van der Waals surface area contributed by atoms with Gasteiger partial charge in [0.1, 0.15) is 0 Å². The summed E-state index contributed by atoms with van der Waals surface area (Å²) >= 11 is 0. The highest BCUT2D eigenvalue weighted by molar-refractivity contribution is 5.78. The van der Waals surface area contributed by atoms with Crippen LogP contribution >= 0.6 is 0 Å². The van der Waals surface area contributed by atoms with Crippen molar-refractivity contribution in [3.63, 3.8) is 0 Å². The minimum atomic E-state index is 1.01. The van der Waals surface area contributed by atoms with E-state index in [9.17, 15) is 0 Å². The summed E-state index contributed by atoms with van der Waals surface area (Å²) in [4.78, 5) is 0. The van der Waals surface area contributed by atoms with Crippen LogP contribution in [0.15, 0.2) is 48.6 Å². The van der Waals surface area contributed by atoms with Crippen LogP contribution in [0.5, 0.6) is 0 Å². The van der Waals surface area contributed by atoms with Crippen molar-refractivity contribution in [1.82, 2.24) is 0 Å². The third kappa shape index (κ3) is 2.59. The second-order valence-corrected chi connectivity index (χ2v) is 3.35. The van der Waals surface area contributed by atoms with E-state index >= 15 is 0 Å². The predicted octanol–water partition coefficient (Wildman–Crippen LogP) is 4.45. The lowest BCUT2D eigenvalue weighted by Crippen LogP contribution is -1.87. The Morgan fingerprint density at radius 3 is 2.36 bits per heavy atom. The molecule has 0 aliphatic heterocycles. The summed E-state index contributed by atoms with van der Waals surface area (Å²) in [6.45, 7) is 8.41. The van der Waals surface area contributed by atoms with E-state index in [1.165, 1.54) is 16.7 Å². The summed E-state index contributed by atoms with van der Waals surface area (Å²) in [6.07, 6.45) is 4.32. The number of hydrogen-bond acceptors (Lipinski definition) is 0. The summed E-state index contributed by atoms with van der Waals surface area (Å²) in [6, 6.07) is 10.5. The van der Waals surface area contributed by atoms with Gasteiger partial charge in [-0.15, -0.1) is 0 Å². The molecule has 0 atom stereocenters. The number of allylic oxidation sites excluding steroid dienone is 3. The summed E-state index contributed by atoms with van der Waals surface area (Å²) < 4.78 is 0. The molecule has 74 valence electrons. The fraction of sp³-hybridized carbons (Fsp3) is 0.286. The zero-order valence-electron chi connectivity index (χ0n) is 9.09. The lowest BCUT2D eigenvalue weighted by molar-refractivity contribution is 1.15. The number of rotatable bonds is 4. The molecule has 1 aromatic rings. The fourth-order valence-electron chi connectivity index (χ4n) is 1.48. The SMILES string of the molecule is C=C(CC)/C(=C\CC)c1ccccc1. The van der Waals surface area contributed by atoms with Gasteiger partial charge in [0, 0.05) is 0 Å². The average molecular weight is 186 g/mol. The molecular formula is C14H18. The normalized spacial score (nSPS) is 11.4. The fourth-order valence-corrected chi connectivity index (χ4v) is 1.48. The van der Waals surface area contributed by atoms with E-state index in [0.29, 0.717) is 0 Å². The Labute approximate surface area is 87.0 Å². The zero-order valence-corrected chi connectivity index (χ0v) is 9.09. The molecule has 0 heteroatoms. The molecule has 14 heavy (non-hydrogen) atoms. The Morgan fingerprint density at radius 1 is 1.21 bits per heavy atom. The topological polar surface area (TPSA) is 0 Å². The van der Waals surface area contributed by atoms with Gasteiger partial charge < -0.3 is 0 Å². The standard InChI is InChI=1S/C14H18/c1-4-9-14(12(3)5-2)13-10-7-6-8-11-13/h6-11H,3-5H2,1-2H3/b14-9+. The summed E-state index contributed by atoms with van der Waals surface area (Å²) in [7, 11) is 0. The number of benzene rings is 1. The molecule has 1 rings (SSSR count). The van der Waals surface area contributed by atoms with Crippen LogP contribution in [0.25, 0.3) is 5.57 Å². The van der Waals surface area contributed by atoms with Gasteiger partial charge >= 0.3 is 0 Å². The molecule has 0 aliphatic rings. The molecule has 0 aromatic heterocycles. The van der Waals surface area contributed by atoms with Crippen LogP contribution in [0.2, 0.25) is 0 Å². The van der Waals surface area contributed by atoms with Crippen molar-refractivity contribution in [3.8, 4) is 0 Å². The van der Waals surface area contributed by atoms with Gasteiger partial charge in [-0.05, 0) is 29.6 Å². The summed E-state index contributed by atoms with van der Waals surface area (Å²) in [5, 5.41) is 0. The Balaban J connectivity index is 3.02. The minimum absolute atomic E-state index is 1.01. The van der Waals surface area contributed by atoms with Crippen molar-refractivity contribution in [2.24, 2.45) is 0 Å². The first-order chi connectivity index (χ1) is 6.79. The van der Waals surface area contributed by atoms with Gasteiger partial charge in [0.2, 0.25) is 0 Å². The third-order valence-corrected chi connectivity index (χ3v) is 2.30. The number of hydrogen-bond donors (Lipinski definition) is 0. The van der Waals surface area contributed by atoms with E-state index in [1.807, 2.05) is 6.07 Å². The molecule has 1 aromatic carbocycles. The molecule has 0 amide bonds. The quantitative estimate of drug-likeness (QED) is 0.609. The third-order valence-electron chi connectivity index (χ3n) is 2.30. The predicted molar refractivity (Wildman–Crippen MR) is 64.1 cm³/mol. The van der Waals surface area contributed by atoms with Crippen LogP contribution in [0, 0.1) is 0 Å². The molecule has 0 heterocycles. The van der Waals surface area contributed by atoms with Gasteiger partial charge in [0.15, 0.2) is 0 Å². The lowest BCUT2D eigenvalue weighted by atomic mass is 9.96. The second-order valence-electron chi connectivity index (χ2n) is 3.35. The van der Waals surface area contributed by atoms with Crippen molar-refractivity contribution >= 4 is 5.57 Å². The van der Waals surface area contributed by atoms with E-state index in [0.717, 1.165) is 12.8 Å². The molecule has 0 bridgehead atoms. The van der Waals surface area contributed by atoms with Crippen LogP contribution in [0.1, 0.15) is 32.3 Å². The van der Waals surface area contributed by atoms with Gasteiger partial charge in [-0.3, -0.25) is 0 Å². The zero-order chi connectivity index (χ0) is 10.4. The van der Waals surface area contributed by atoms with Crippen molar-refractivity contribution in [2.45, 2.75) is 26.7 Å². The van der Waals surface area contributed by atoms with Crippen LogP contribution in [-0.4, -0.2) is 0 Å². The molecule has 0 N–H and O–H groups in total. The van der Waals surface area contributed by atoms with Crippen LogP contribution in [0.4, 0.5) is 0 Å². The lowest BCUT2D eigenvalue weighted by Gasteiger charge is -2.09. The Hall–Kier alpha value is -1.30. The highest BCUT2D eigenvalue weighted by Crippen LogP contribution is 2.24. The first kappa shape index (κ1) is 10.8. The van der Waals surface area contributed by atoms with Crippen molar-refractivity contribution in [2.75, 3.05) is 0 Å². The van der Waals surface area contributed by atoms with Crippen LogP contribution in [-0.2, 0) is 0 Å². The highest BCUT2D eigenvalue weighted by Gasteiger charge is 2.02. The Morgan fingerprint density at radius 2 is 1.86 bits per heavy atom. The van der Waals surface area contributed by atoms with Crippen LogP contribution < -0.4 is 0 Å². The molecule has 0 nitrogen and oxygen atoms in total. The largest absolute Gasteiger partial charge is 0.0952 e. The molecule has 0 unspecified atom stereocenters.